The number of benzene rings is 1. The van der Waals surface area contributed by atoms with Gasteiger partial charge in [0.2, 0.25) is 11.9 Å². The molecule has 2 aromatic rings. The minimum absolute atomic E-state index is 0.0634. The molecule has 1 saturated heterocycles. The minimum Gasteiger partial charge on any atom is -0.445 e. The highest BCUT2D eigenvalue weighted by atomic mass is 16.6. The maximum Gasteiger partial charge on any atom is 0.404 e. The second-order valence-corrected chi connectivity index (χ2v) is 9.79. The van der Waals surface area contributed by atoms with Gasteiger partial charge in [0.15, 0.2) is 0 Å². The van der Waals surface area contributed by atoms with E-state index in [-0.39, 0.29) is 29.3 Å². The number of hydrogen-bond acceptors (Lipinski definition) is 8. The highest BCUT2D eigenvalue weighted by molar-refractivity contribution is 6.07. The van der Waals surface area contributed by atoms with Crippen molar-refractivity contribution in [1.82, 2.24) is 9.97 Å². The lowest BCUT2D eigenvalue weighted by Gasteiger charge is -2.32. The Labute approximate surface area is 203 Å². The summed E-state index contributed by atoms with van der Waals surface area (Å²) in [5, 5.41) is 6.24. The van der Waals surface area contributed by atoms with Gasteiger partial charge in [-0.15, -0.1) is 0 Å². The number of hydrogen-bond donors (Lipinski definition) is 4. The average Bonchev–Trinajstić information content (AvgIpc) is 3.01. The van der Waals surface area contributed by atoms with Crippen molar-refractivity contribution in [3.05, 3.63) is 35.0 Å². The quantitative estimate of drug-likeness (QED) is 0.489. The maximum atomic E-state index is 12.6. The van der Waals surface area contributed by atoms with Crippen LogP contribution in [0.25, 0.3) is 0 Å². The summed E-state index contributed by atoms with van der Waals surface area (Å²) in [5.74, 6) is 0.0382. The Morgan fingerprint density at radius 2 is 2.03 bits per heavy atom. The second-order valence-electron chi connectivity index (χ2n) is 9.79. The van der Waals surface area contributed by atoms with Gasteiger partial charge in [-0.1, -0.05) is 13.8 Å². The third-order valence-corrected chi connectivity index (χ3v) is 6.52. The first-order valence-corrected chi connectivity index (χ1v) is 11.6. The lowest BCUT2D eigenvalue weighted by molar-refractivity contribution is -0.119. The number of rotatable bonds is 6. The zero-order valence-electron chi connectivity index (χ0n) is 20.3. The highest BCUT2D eigenvalue weighted by Crippen LogP contribution is 2.44. The average molecular weight is 482 g/mol. The second kappa shape index (κ2) is 9.05. The zero-order valence-corrected chi connectivity index (χ0v) is 20.3. The van der Waals surface area contributed by atoms with Gasteiger partial charge in [0.25, 0.3) is 5.91 Å². The van der Waals surface area contributed by atoms with Crippen LogP contribution >= 0.6 is 0 Å². The molecule has 0 saturated carbocycles. The number of amides is 3. The van der Waals surface area contributed by atoms with E-state index in [1.54, 1.807) is 0 Å². The molecule has 1 fully saturated rings. The molecule has 0 radical (unpaired) electrons. The first kappa shape index (κ1) is 24.2. The van der Waals surface area contributed by atoms with Gasteiger partial charge in [-0.25, -0.2) is 9.78 Å². The molecule has 11 nitrogen and oxygen atoms in total. The number of ether oxygens (including phenoxy) is 1. The molecule has 3 heterocycles. The Bertz CT molecular complexity index is 1190. The largest absolute Gasteiger partial charge is 0.445 e. The Morgan fingerprint density at radius 1 is 1.29 bits per heavy atom. The van der Waals surface area contributed by atoms with Gasteiger partial charge in [0, 0.05) is 24.1 Å². The number of piperidine rings is 1. The number of primary amides is 2. The van der Waals surface area contributed by atoms with E-state index in [1.807, 2.05) is 30.9 Å². The van der Waals surface area contributed by atoms with Crippen LogP contribution in [-0.4, -0.2) is 47.1 Å². The number of anilines is 4. The van der Waals surface area contributed by atoms with E-state index in [9.17, 15) is 14.4 Å². The molecule has 1 aromatic carbocycles. The number of nitrogens with two attached hydrogens (primary N) is 2. The minimum atomic E-state index is -0.822. The molecule has 35 heavy (non-hydrogen) atoms. The molecular weight excluding hydrogens is 450 g/mol. The Kier molecular flexibility index (Phi) is 6.27. The van der Waals surface area contributed by atoms with Crippen LogP contribution < -0.4 is 27.0 Å². The van der Waals surface area contributed by atoms with Crippen molar-refractivity contribution in [2.24, 2.45) is 11.5 Å². The molecule has 6 N–H and O–H groups in total. The van der Waals surface area contributed by atoms with Gasteiger partial charge < -0.3 is 31.7 Å². The first-order valence-electron chi connectivity index (χ1n) is 11.6. The Balaban J connectivity index is 1.71. The van der Waals surface area contributed by atoms with Crippen LogP contribution in [0.5, 0.6) is 0 Å². The molecule has 0 unspecified atom stereocenters. The smallest absolute Gasteiger partial charge is 0.404 e. The van der Waals surface area contributed by atoms with Crippen molar-refractivity contribution in [2.45, 2.75) is 58.0 Å². The summed E-state index contributed by atoms with van der Waals surface area (Å²) in [6.07, 6.45) is 1.66. The van der Waals surface area contributed by atoms with Gasteiger partial charge in [-0.05, 0) is 55.9 Å². The van der Waals surface area contributed by atoms with Crippen LogP contribution in [-0.2, 0) is 14.9 Å². The van der Waals surface area contributed by atoms with Crippen LogP contribution in [0.3, 0.4) is 0 Å². The number of carbonyl (C=O) groups excluding carboxylic acids is 3. The highest BCUT2D eigenvalue weighted by Gasteiger charge is 2.40. The van der Waals surface area contributed by atoms with E-state index in [1.165, 1.54) is 6.20 Å². The monoisotopic (exact) mass is 481 g/mol. The molecule has 0 spiro atoms. The van der Waals surface area contributed by atoms with Crippen molar-refractivity contribution >= 4 is 41.0 Å². The van der Waals surface area contributed by atoms with Gasteiger partial charge in [-0.2, -0.15) is 4.98 Å². The van der Waals surface area contributed by atoms with E-state index >= 15 is 0 Å². The van der Waals surface area contributed by atoms with E-state index in [0.717, 1.165) is 23.2 Å². The number of aromatic nitrogens is 2. The van der Waals surface area contributed by atoms with E-state index in [2.05, 4.69) is 34.4 Å². The van der Waals surface area contributed by atoms with Crippen LogP contribution in [0.2, 0.25) is 0 Å². The first-order chi connectivity index (χ1) is 16.5. The van der Waals surface area contributed by atoms with Crippen LogP contribution in [0, 0.1) is 0 Å². The molecule has 3 amide bonds. The molecule has 1 aromatic heterocycles. The maximum absolute atomic E-state index is 12.6. The SMILES string of the molecule is CC(C)c1cc(Nc2nc(N3CCC[C@H](OC(N)=O)C3)ncc2C(N)=O)cc2c1NC(=O)C2(C)C. The number of nitrogens with zero attached hydrogens (tertiary/aromatic N) is 3. The van der Waals surface area contributed by atoms with Crippen molar-refractivity contribution in [2.75, 3.05) is 28.6 Å². The molecule has 0 aliphatic carbocycles. The third-order valence-electron chi connectivity index (χ3n) is 6.52. The molecule has 2 aliphatic heterocycles. The normalized spacial score (nSPS) is 18.7. The summed E-state index contributed by atoms with van der Waals surface area (Å²) in [7, 11) is 0. The van der Waals surface area contributed by atoms with Crippen molar-refractivity contribution in [3.63, 3.8) is 0 Å². The third kappa shape index (κ3) is 4.71. The van der Waals surface area contributed by atoms with Gasteiger partial charge in [-0.3, -0.25) is 9.59 Å². The van der Waals surface area contributed by atoms with E-state index < -0.39 is 17.4 Å². The fourth-order valence-electron chi connectivity index (χ4n) is 4.53. The number of nitrogens with one attached hydrogen (secondary N) is 2. The van der Waals surface area contributed by atoms with Crippen molar-refractivity contribution in [1.29, 1.82) is 0 Å². The fraction of sp³-hybridized carbons (Fsp3) is 0.458. The van der Waals surface area contributed by atoms with Gasteiger partial charge in [0.1, 0.15) is 17.5 Å². The van der Waals surface area contributed by atoms with Crippen LogP contribution in [0.4, 0.5) is 27.9 Å². The van der Waals surface area contributed by atoms with Crippen LogP contribution in [0.15, 0.2) is 18.3 Å². The molecule has 186 valence electrons. The standard InChI is InChI=1S/C24H31N7O4/c1-12(2)15-8-13(9-17-18(15)29-21(33)24(17,3)4)28-20-16(19(25)32)10-27-23(30-20)31-7-5-6-14(11-31)35-22(26)34/h8-10,12,14H,5-7,11H2,1-4H3,(H2,25,32)(H2,26,34)(H,29,33)(H,27,28,30)/t14-/m0/s1. The molecule has 0 bridgehead atoms. The van der Waals surface area contributed by atoms with E-state index in [0.29, 0.717) is 31.1 Å². The molecule has 1 atom stereocenters. The fourth-order valence-corrected chi connectivity index (χ4v) is 4.53. The summed E-state index contributed by atoms with van der Waals surface area (Å²) in [6.45, 7) is 8.90. The Morgan fingerprint density at radius 3 is 2.69 bits per heavy atom. The molecule has 4 rings (SSSR count). The molecule has 11 heteroatoms. The Hall–Kier alpha value is -3.89. The lowest BCUT2D eigenvalue weighted by atomic mass is 9.84. The predicted octanol–water partition coefficient (Wildman–Crippen LogP) is 2.74. The van der Waals surface area contributed by atoms with Gasteiger partial charge in [0.05, 0.1) is 12.0 Å². The summed E-state index contributed by atoms with van der Waals surface area (Å²) in [6, 6.07) is 3.83. The molecule has 2 aliphatic rings. The number of fused-ring (bicyclic) bond motifs is 1. The topological polar surface area (TPSA) is 166 Å². The zero-order chi connectivity index (χ0) is 25.5. The van der Waals surface area contributed by atoms with Crippen molar-refractivity contribution < 1.29 is 19.1 Å². The van der Waals surface area contributed by atoms with Gasteiger partial charge >= 0.3 is 6.09 Å². The van der Waals surface area contributed by atoms with E-state index in [4.69, 9.17) is 16.2 Å². The van der Waals surface area contributed by atoms with Crippen LogP contribution in [0.1, 0.15) is 67.9 Å². The lowest BCUT2D eigenvalue weighted by Crippen LogP contribution is -2.42. The molecular formula is C24H31N7O4. The predicted molar refractivity (Wildman–Crippen MR) is 132 cm³/mol. The summed E-state index contributed by atoms with van der Waals surface area (Å²) < 4.78 is 5.16. The summed E-state index contributed by atoms with van der Waals surface area (Å²) in [4.78, 5) is 46.7. The summed E-state index contributed by atoms with van der Waals surface area (Å²) >= 11 is 0. The van der Waals surface area contributed by atoms with Crippen molar-refractivity contribution in [3.8, 4) is 0 Å². The summed E-state index contributed by atoms with van der Waals surface area (Å²) in [5.41, 5.74) is 13.6. The number of carbonyl (C=O) groups is 3.